The molecule has 0 amide bonds. The minimum absolute atomic E-state index is 0.0897. The molecule has 1 aliphatic heterocycles. The van der Waals surface area contributed by atoms with Crippen molar-refractivity contribution in [3.63, 3.8) is 0 Å². The number of fused-ring (bicyclic) bond motifs is 2. The molecule has 4 rings (SSSR count). The molecule has 2 heterocycles. The molecule has 4 heteroatoms. The van der Waals surface area contributed by atoms with Crippen LogP contribution >= 0.6 is 0 Å². The monoisotopic (exact) mass is 379 g/mol. The van der Waals surface area contributed by atoms with Gasteiger partial charge in [-0.2, -0.15) is 0 Å². The number of nitrogens with one attached hydrogen (secondary N) is 1. The van der Waals surface area contributed by atoms with Crippen LogP contribution in [0.2, 0.25) is 0 Å². The van der Waals surface area contributed by atoms with Crippen molar-refractivity contribution in [1.29, 1.82) is 0 Å². The summed E-state index contributed by atoms with van der Waals surface area (Å²) in [7, 11) is 0. The van der Waals surface area contributed by atoms with E-state index in [1.54, 1.807) is 0 Å². The summed E-state index contributed by atoms with van der Waals surface area (Å²) in [5.41, 5.74) is 3.53. The Morgan fingerprint density at radius 1 is 1.14 bits per heavy atom. The van der Waals surface area contributed by atoms with Crippen LogP contribution in [0, 0.1) is 0 Å². The van der Waals surface area contributed by atoms with Crippen molar-refractivity contribution in [1.82, 2.24) is 14.9 Å². The number of likely N-dealkylation sites (tertiary alicyclic amines) is 1. The molecule has 1 aromatic carbocycles. The van der Waals surface area contributed by atoms with Crippen LogP contribution in [0.3, 0.4) is 0 Å². The van der Waals surface area contributed by atoms with E-state index in [-0.39, 0.29) is 16.4 Å². The molecule has 28 heavy (non-hydrogen) atoms. The number of hydrogen-bond donors (Lipinski definition) is 1. The SMILES string of the molecule is CC(CN1CCC2(CCc3c2nc(C(C)(C)C)[nH]c3=O)CC1)c1ccccc1. The van der Waals surface area contributed by atoms with Crippen LogP contribution in [0.1, 0.15) is 75.5 Å². The van der Waals surface area contributed by atoms with Gasteiger partial charge in [-0.05, 0) is 50.3 Å². The second-order valence-corrected chi connectivity index (χ2v) is 9.88. The molecule has 4 nitrogen and oxygen atoms in total. The first-order chi connectivity index (χ1) is 13.3. The number of H-pyrrole nitrogens is 1. The number of piperidine rings is 1. The summed E-state index contributed by atoms with van der Waals surface area (Å²) < 4.78 is 0. The normalized spacial score (nSPS) is 20.3. The Bertz CT molecular complexity index is 886. The number of rotatable bonds is 3. The fourth-order valence-electron chi connectivity index (χ4n) is 4.93. The number of nitrogens with zero attached hydrogens (tertiary/aromatic N) is 2. The Morgan fingerprint density at radius 3 is 2.46 bits per heavy atom. The highest BCUT2D eigenvalue weighted by atomic mass is 16.1. The Kier molecular flexibility index (Phi) is 4.95. The standard InChI is InChI=1S/C24H33N3O/c1-17(18-8-6-5-7-9-18)16-27-14-12-24(13-15-27)11-10-19-20(24)25-22(23(2,3)4)26-21(19)28/h5-9,17H,10-16H2,1-4H3,(H,25,26,28). The molecule has 0 bridgehead atoms. The smallest absolute Gasteiger partial charge is 0.254 e. The Labute approximate surface area is 168 Å². The fourth-order valence-corrected chi connectivity index (χ4v) is 4.93. The average Bonchev–Trinajstić information content (AvgIpc) is 3.03. The van der Waals surface area contributed by atoms with E-state index < -0.39 is 0 Å². The van der Waals surface area contributed by atoms with Gasteiger partial charge in [0.1, 0.15) is 5.82 Å². The molecule has 0 saturated carbocycles. The Morgan fingerprint density at radius 2 is 1.82 bits per heavy atom. The second kappa shape index (κ2) is 7.14. The molecule has 0 radical (unpaired) electrons. The summed E-state index contributed by atoms with van der Waals surface area (Å²) in [4.78, 5) is 23.3. The third kappa shape index (κ3) is 3.55. The van der Waals surface area contributed by atoms with Crippen molar-refractivity contribution in [2.75, 3.05) is 19.6 Å². The molecule has 1 N–H and O–H groups in total. The van der Waals surface area contributed by atoms with E-state index in [0.717, 1.165) is 62.4 Å². The summed E-state index contributed by atoms with van der Waals surface area (Å²) in [6.07, 6.45) is 4.18. The Hall–Kier alpha value is -1.94. The summed E-state index contributed by atoms with van der Waals surface area (Å²) in [5.74, 6) is 1.37. The van der Waals surface area contributed by atoms with Gasteiger partial charge in [0.05, 0.1) is 5.69 Å². The van der Waals surface area contributed by atoms with Crippen molar-refractivity contribution in [2.24, 2.45) is 0 Å². The van der Waals surface area contributed by atoms with Crippen LogP contribution in [-0.4, -0.2) is 34.5 Å². The molecule has 2 aliphatic rings. The number of aromatic nitrogens is 2. The van der Waals surface area contributed by atoms with E-state index in [1.807, 2.05) is 0 Å². The fraction of sp³-hybridized carbons (Fsp3) is 0.583. The van der Waals surface area contributed by atoms with Gasteiger partial charge in [-0.1, -0.05) is 58.0 Å². The van der Waals surface area contributed by atoms with Gasteiger partial charge in [-0.25, -0.2) is 4.98 Å². The van der Waals surface area contributed by atoms with E-state index in [9.17, 15) is 4.79 Å². The van der Waals surface area contributed by atoms with Gasteiger partial charge < -0.3 is 9.88 Å². The van der Waals surface area contributed by atoms with Crippen LogP contribution in [0.5, 0.6) is 0 Å². The van der Waals surface area contributed by atoms with E-state index in [0.29, 0.717) is 5.92 Å². The molecular weight excluding hydrogens is 346 g/mol. The van der Waals surface area contributed by atoms with Crippen molar-refractivity contribution >= 4 is 0 Å². The van der Waals surface area contributed by atoms with E-state index in [4.69, 9.17) is 4.98 Å². The van der Waals surface area contributed by atoms with Gasteiger partial charge >= 0.3 is 0 Å². The van der Waals surface area contributed by atoms with E-state index in [1.165, 1.54) is 5.56 Å². The summed E-state index contributed by atoms with van der Waals surface area (Å²) in [6.45, 7) is 12.0. The molecule has 1 unspecified atom stereocenters. The highest BCUT2D eigenvalue weighted by molar-refractivity contribution is 5.34. The van der Waals surface area contributed by atoms with Gasteiger partial charge in [-0.15, -0.1) is 0 Å². The zero-order valence-corrected chi connectivity index (χ0v) is 17.7. The summed E-state index contributed by atoms with van der Waals surface area (Å²) >= 11 is 0. The van der Waals surface area contributed by atoms with Gasteiger partial charge in [0.2, 0.25) is 0 Å². The van der Waals surface area contributed by atoms with Crippen molar-refractivity contribution in [3.8, 4) is 0 Å². The summed E-state index contributed by atoms with van der Waals surface area (Å²) in [5, 5.41) is 0. The molecule has 1 saturated heterocycles. The highest BCUT2D eigenvalue weighted by Gasteiger charge is 2.44. The van der Waals surface area contributed by atoms with Gasteiger partial charge in [0, 0.05) is 22.9 Å². The second-order valence-electron chi connectivity index (χ2n) is 9.88. The zero-order valence-electron chi connectivity index (χ0n) is 17.7. The van der Waals surface area contributed by atoms with Crippen LogP contribution in [0.25, 0.3) is 0 Å². The van der Waals surface area contributed by atoms with Crippen molar-refractivity contribution < 1.29 is 0 Å². The molecule has 2 aromatic rings. The lowest BCUT2D eigenvalue weighted by Gasteiger charge is -2.40. The average molecular weight is 380 g/mol. The van der Waals surface area contributed by atoms with E-state index >= 15 is 0 Å². The van der Waals surface area contributed by atoms with Crippen LogP contribution in [-0.2, 0) is 17.3 Å². The zero-order chi connectivity index (χ0) is 19.9. The molecule has 1 aliphatic carbocycles. The topological polar surface area (TPSA) is 49.0 Å². The largest absolute Gasteiger partial charge is 0.310 e. The number of benzene rings is 1. The van der Waals surface area contributed by atoms with E-state index in [2.05, 4.69) is 67.9 Å². The van der Waals surface area contributed by atoms with Crippen LogP contribution in [0.15, 0.2) is 35.1 Å². The minimum atomic E-state index is -0.135. The number of aromatic amines is 1. The van der Waals surface area contributed by atoms with Gasteiger partial charge in [0.15, 0.2) is 0 Å². The molecule has 1 aromatic heterocycles. The van der Waals surface area contributed by atoms with Crippen LogP contribution in [0.4, 0.5) is 0 Å². The molecule has 1 fully saturated rings. The lowest BCUT2D eigenvalue weighted by molar-refractivity contribution is 0.150. The predicted octanol–water partition coefficient (Wildman–Crippen LogP) is 4.15. The molecular formula is C24H33N3O. The first-order valence-corrected chi connectivity index (χ1v) is 10.7. The highest BCUT2D eigenvalue weighted by Crippen LogP contribution is 2.44. The lowest BCUT2D eigenvalue weighted by atomic mass is 9.76. The predicted molar refractivity (Wildman–Crippen MR) is 114 cm³/mol. The van der Waals surface area contributed by atoms with Crippen molar-refractivity contribution in [3.05, 3.63) is 63.3 Å². The molecule has 1 spiro atoms. The Balaban J connectivity index is 1.50. The lowest BCUT2D eigenvalue weighted by Crippen LogP contribution is -2.43. The maximum absolute atomic E-state index is 12.7. The summed E-state index contributed by atoms with van der Waals surface area (Å²) in [6, 6.07) is 10.8. The van der Waals surface area contributed by atoms with Gasteiger partial charge in [0.25, 0.3) is 5.56 Å². The van der Waals surface area contributed by atoms with Gasteiger partial charge in [-0.3, -0.25) is 4.79 Å². The first kappa shape index (κ1) is 19.4. The van der Waals surface area contributed by atoms with Crippen molar-refractivity contribution in [2.45, 2.75) is 70.1 Å². The first-order valence-electron chi connectivity index (χ1n) is 10.7. The maximum atomic E-state index is 12.7. The molecule has 150 valence electrons. The minimum Gasteiger partial charge on any atom is -0.310 e. The molecule has 1 atom stereocenters. The third-order valence-corrected chi connectivity index (χ3v) is 6.80. The number of hydrogen-bond acceptors (Lipinski definition) is 3. The quantitative estimate of drug-likeness (QED) is 0.871. The third-order valence-electron chi connectivity index (χ3n) is 6.80. The maximum Gasteiger partial charge on any atom is 0.254 e. The van der Waals surface area contributed by atoms with Crippen LogP contribution < -0.4 is 5.56 Å².